The minimum absolute atomic E-state index is 0.0185. The molecule has 1 aromatic carbocycles. The molecular weight excluding hydrogens is 528 g/mol. The zero-order chi connectivity index (χ0) is 28.3. The number of rotatable bonds is 7. The van der Waals surface area contributed by atoms with E-state index >= 15 is 0 Å². The first-order valence-corrected chi connectivity index (χ1v) is 14.1. The van der Waals surface area contributed by atoms with Crippen molar-refractivity contribution in [3.63, 3.8) is 0 Å². The van der Waals surface area contributed by atoms with Crippen molar-refractivity contribution in [1.29, 1.82) is 0 Å². The van der Waals surface area contributed by atoms with E-state index in [1.54, 1.807) is 6.21 Å². The van der Waals surface area contributed by atoms with Gasteiger partial charge in [-0.15, -0.1) is 0 Å². The van der Waals surface area contributed by atoms with Crippen molar-refractivity contribution in [3.8, 4) is 0 Å². The van der Waals surface area contributed by atoms with Crippen molar-refractivity contribution in [2.24, 2.45) is 22.7 Å². The fraction of sp³-hybridized carbons (Fsp3) is 0.621. The average Bonchev–Trinajstić information content (AvgIpc) is 3.23. The summed E-state index contributed by atoms with van der Waals surface area (Å²) < 4.78 is 57.3. The predicted molar refractivity (Wildman–Crippen MR) is 141 cm³/mol. The van der Waals surface area contributed by atoms with Crippen molar-refractivity contribution in [1.82, 2.24) is 15.1 Å². The van der Waals surface area contributed by atoms with E-state index in [9.17, 15) is 27.2 Å². The molecule has 11 heteroatoms. The van der Waals surface area contributed by atoms with Gasteiger partial charge in [0.25, 0.3) is 0 Å². The van der Waals surface area contributed by atoms with Gasteiger partial charge in [0.2, 0.25) is 11.9 Å². The minimum atomic E-state index is -4.34. The molecule has 40 heavy (non-hydrogen) atoms. The summed E-state index contributed by atoms with van der Waals surface area (Å²) in [4.78, 5) is 33.0. The van der Waals surface area contributed by atoms with E-state index in [1.165, 1.54) is 18.2 Å². The van der Waals surface area contributed by atoms with Crippen LogP contribution in [-0.4, -0.2) is 66.3 Å². The van der Waals surface area contributed by atoms with Gasteiger partial charge in [0.05, 0.1) is 12.1 Å². The number of hydrogen-bond donors (Lipinski definition) is 1. The standard InChI is InChI=1S/C29H36F4N4O3/c30-25-10-5-22(15-34-25)16-35-26(38)23-6-1-21(2-7-23)18-37-19-28(40-27(37)39)11-13-36(14-12-28)17-20-3-8-24(9-4-20)29(31,32)33/h3-4,8-10,15,21-23H,1-2,5-7,11-14,16-19H2,(H,35,38). The lowest BCUT2D eigenvalue weighted by atomic mass is 9.81. The fourth-order valence-electron chi connectivity index (χ4n) is 6.24. The summed E-state index contributed by atoms with van der Waals surface area (Å²) in [5.41, 5.74) is -0.329. The molecule has 3 heterocycles. The van der Waals surface area contributed by atoms with Crippen LogP contribution < -0.4 is 5.32 Å². The first kappa shape index (κ1) is 28.6. The molecule has 1 aliphatic carbocycles. The number of alkyl halides is 3. The molecule has 1 aromatic rings. The molecular formula is C29H36F4N4O3. The molecule has 0 radical (unpaired) electrons. The van der Waals surface area contributed by atoms with Crippen LogP contribution in [0.15, 0.2) is 41.3 Å². The van der Waals surface area contributed by atoms with E-state index in [2.05, 4.69) is 15.2 Å². The number of nitrogens with zero attached hydrogens (tertiary/aromatic N) is 3. The minimum Gasteiger partial charge on any atom is -0.441 e. The number of benzene rings is 1. The van der Waals surface area contributed by atoms with Gasteiger partial charge in [-0.1, -0.05) is 12.1 Å². The molecule has 2 saturated heterocycles. The van der Waals surface area contributed by atoms with Gasteiger partial charge < -0.3 is 15.0 Å². The lowest BCUT2D eigenvalue weighted by Gasteiger charge is -2.37. The van der Waals surface area contributed by atoms with Gasteiger partial charge in [-0.25, -0.2) is 9.79 Å². The Morgan fingerprint density at radius 2 is 1.80 bits per heavy atom. The number of ether oxygens (including phenoxy) is 1. The van der Waals surface area contributed by atoms with Gasteiger partial charge in [-0.05, 0) is 61.8 Å². The molecule has 1 unspecified atom stereocenters. The predicted octanol–water partition coefficient (Wildman–Crippen LogP) is 5.32. The molecule has 1 spiro atoms. The summed E-state index contributed by atoms with van der Waals surface area (Å²) in [5, 5.41) is 2.98. The maximum Gasteiger partial charge on any atom is 0.416 e. The molecule has 0 aromatic heterocycles. The third kappa shape index (κ3) is 7.03. The molecule has 4 aliphatic rings. The van der Waals surface area contributed by atoms with Crippen LogP contribution in [0.25, 0.3) is 0 Å². The van der Waals surface area contributed by atoms with Gasteiger partial charge in [-0.3, -0.25) is 9.69 Å². The third-order valence-electron chi connectivity index (χ3n) is 8.73. The molecule has 1 saturated carbocycles. The molecule has 1 atom stereocenters. The van der Waals surface area contributed by atoms with Crippen LogP contribution in [-0.2, 0) is 22.3 Å². The lowest BCUT2D eigenvalue weighted by molar-refractivity contribution is -0.137. The second-order valence-corrected chi connectivity index (χ2v) is 11.7. The monoisotopic (exact) mass is 564 g/mol. The Labute approximate surface area is 231 Å². The number of nitrogens with one attached hydrogen (secondary N) is 1. The molecule has 3 fully saturated rings. The van der Waals surface area contributed by atoms with Gasteiger partial charge in [0, 0.05) is 63.6 Å². The lowest BCUT2D eigenvalue weighted by Crippen LogP contribution is -2.47. The van der Waals surface area contributed by atoms with Gasteiger partial charge in [-0.2, -0.15) is 17.6 Å². The number of allylic oxidation sites excluding steroid dienone is 1. The number of likely N-dealkylation sites (tertiary alicyclic amines) is 1. The van der Waals surface area contributed by atoms with Crippen LogP contribution in [0.4, 0.5) is 22.4 Å². The highest BCUT2D eigenvalue weighted by Gasteiger charge is 2.47. The summed E-state index contributed by atoms with van der Waals surface area (Å²) in [6.07, 6.45) is 3.57. The third-order valence-corrected chi connectivity index (χ3v) is 8.73. The van der Waals surface area contributed by atoms with E-state index in [0.717, 1.165) is 43.4 Å². The number of carbonyl (C=O) groups is 2. The number of carbonyl (C=O) groups excluding carboxylic acids is 2. The van der Waals surface area contributed by atoms with Crippen molar-refractivity contribution in [2.75, 3.05) is 32.7 Å². The highest BCUT2D eigenvalue weighted by atomic mass is 19.4. The van der Waals surface area contributed by atoms with E-state index in [4.69, 9.17) is 4.74 Å². The van der Waals surface area contributed by atoms with Crippen LogP contribution in [0.3, 0.4) is 0 Å². The molecule has 3 aliphatic heterocycles. The summed E-state index contributed by atoms with van der Waals surface area (Å²) in [6, 6.07) is 5.28. The largest absolute Gasteiger partial charge is 0.441 e. The molecule has 5 rings (SSSR count). The normalized spacial score (nSPS) is 27.0. The maximum absolute atomic E-state index is 13.0. The highest BCUT2D eigenvalue weighted by molar-refractivity contribution is 5.79. The number of piperidine rings is 1. The second kappa shape index (κ2) is 11.9. The highest BCUT2D eigenvalue weighted by Crippen LogP contribution is 2.36. The second-order valence-electron chi connectivity index (χ2n) is 11.7. The first-order chi connectivity index (χ1) is 19.1. The SMILES string of the molecule is O=C(NCC1C=NC(F)=CC1)C1CCC(CN2CC3(CCN(Cc4ccc(C(F)(F)F)cc4)CC3)OC2=O)CC1. The van der Waals surface area contributed by atoms with Crippen molar-refractivity contribution < 1.29 is 31.9 Å². The van der Waals surface area contributed by atoms with Gasteiger partial charge in [0.15, 0.2) is 0 Å². The number of halogens is 4. The molecule has 1 N–H and O–H groups in total. The van der Waals surface area contributed by atoms with E-state index in [-0.39, 0.29) is 23.8 Å². The van der Waals surface area contributed by atoms with Crippen LogP contribution in [0.1, 0.15) is 56.1 Å². The quantitative estimate of drug-likeness (QED) is 0.360. The zero-order valence-electron chi connectivity index (χ0n) is 22.5. The van der Waals surface area contributed by atoms with E-state index < -0.39 is 23.3 Å². The van der Waals surface area contributed by atoms with Crippen LogP contribution in [0.2, 0.25) is 0 Å². The zero-order valence-corrected chi connectivity index (χ0v) is 22.5. The maximum atomic E-state index is 13.0. The summed E-state index contributed by atoms with van der Waals surface area (Å²) in [5.74, 6) is -0.148. The first-order valence-electron chi connectivity index (χ1n) is 14.1. The van der Waals surface area contributed by atoms with Crippen LogP contribution >= 0.6 is 0 Å². The van der Waals surface area contributed by atoms with Crippen molar-refractivity contribution in [3.05, 3.63) is 47.4 Å². The number of aliphatic imine (C=N–C) groups is 1. The molecule has 7 nitrogen and oxygen atoms in total. The number of hydrogen-bond acceptors (Lipinski definition) is 5. The Morgan fingerprint density at radius 1 is 1.10 bits per heavy atom. The summed E-state index contributed by atoms with van der Waals surface area (Å²) >= 11 is 0. The Kier molecular flexibility index (Phi) is 8.49. The summed E-state index contributed by atoms with van der Waals surface area (Å²) in [6.45, 7) is 3.61. The smallest absolute Gasteiger partial charge is 0.416 e. The van der Waals surface area contributed by atoms with Crippen molar-refractivity contribution >= 4 is 18.2 Å². The fourth-order valence-corrected chi connectivity index (χ4v) is 6.24. The number of amides is 2. The summed E-state index contributed by atoms with van der Waals surface area (Å²) in [7, 11) is 0. The van der Waals surface area contributed by atoms with E-state index in [0.29, 0.717) is 64.4 Å². The van der Waals surface area contributed by atoms with Crippen LogP contribution in [0, 0.1) is 17.8 Å². The molecule has 2 amide bonds. The van der Waals surface area contributed by atoms with Crippen molar-refractivity contribution in [2.45, 2.75) is 63.3 Å². The molecule has 0 bridgehead atoms. The Balaban J connectivity index is 1.02. The Hall–Kier alpha value is -2.95. The van der Waals surface area contributed by atoms with Gasteiger partial charge in [0.1, 0.15) is 5.60 Å². The Morgan fingerprint density at radius 3 is 2.42 bits per heavy atom. The Bertz CT molecular complexity index is 1120. The van der Waals surface area contributed by atoms with Gasteiger partial charge >= 0.3 is 12.3 Å². The van der Waals surface area contributed by atoms with E-state index in [1.807, 2.05) is 4.90 Å². The molecule has 218 valence electrons. The van der Waals surface area contributed by atoms with Crippen LogP contribution in [0.5, 0.6) is 0 Å². The average molecular weight is 565 g/mol. The topological polar surface area (TPSA) is 74.2 Å².